The zero-order valence-electron chi connectivity index (χ0n) is 18.9. The minimum absolute atomic E-state index is 0.105. The van der Waals surface area contributed by atoms with Gasteiger partial charge < -0.3 is 14.6 Å². The molecule has 3 heterocycles. The smallest absolute Gasteiger partial charge is 0.206 e. The van der Waals surface area contributed by atoms with Crippen LogP contribution in [0, 0.1) is 6.92 Å². The van der Waals surface area contributed by atoms with Crippen LogP contribution in [0.25, 0.3) is 10.9 Å². The van der Waals surface area contributed by atoms with Crippen molar-refractivity contribution < 1.29 is 9.53 Å². The number of para-hydroxylation sites is 2. The van der Waals surface area contributed by atoms with E-state index >= 15 is 0 Å². The van der Waals surface area contributed by atoms with Crippen LogP contribution < -0.4 is 10.1 Å². The molecule has 0 amide bonds. The van der Waals surface area contributed by atoms with Gasteiger partial charge >= 0.3 is 0 Å². The number of Topliss-reactive ketones (excluding diaryl/α,β-unsaturated/α-hetero) is 1. The topological polar surface area (TPSA) is 43.3 Å². The van der Waals surface area contributed by atoms with Gasteiger partial charge in [0.25, 0.3) is 0 Å². The molecule has 1 saturated heterocycles. The van der Waals surface area contributed by atoms with Gasteiger partial charge in [-0.25, -0.2) is 0 Å². The van der Waals surface area contributed by atoms with Gasteiger partial charge in [-0.1, -0.05) is 66.7 Å². The Morgan fingerprint density at radius 1 is 0.970 bits per heavy atom. The number of carbonyl (C=O) groups excluding carboxylic acids is 1. The lowest BCUT2D eigenvalue weighted by molar-refractivity contribution is 0.0648. The second-order valence-electron chi connectivity index (χ2n) is 9.31. The second-order valence-corrected chi connectivity index (χ2v) is 9.31. The van der Waals surface area contributed by atoms with Gasteiger partial charge in [-0.2, -0.15) is 0 Å². The van der Waals surface area contributed by atoms with Gasteiger partial charge in [-0.05, 0) is 50.6 Å². The summed E-state index contributed by atoms with van der Waals surface area (Å²) in [6.07, 6.45) is 1.32. The molecule has 4 heteroatoms. The van der Waals surface area contributed by atoms with Crippen molar-refractivity contribution in [3.63, 3.8) is 0 Å². The summed E-state index contributed by atoms with van der Waals surface area (Å²) in [4.78, 5) is 14.3. The average molecular weight is 437 g/mol. The summed E-state index contributed by atoms with van der Waals surface area (Å²) in [5.41, 5.74) is 5.05. The first-order chi connectivity index (χ1) is 16.2. The SMILES string of the molecule is Cc1c(C(=O)[C@@H]2Oc3ccccc3C23CCNCC3)c2ccccc2n1Cc1ccccc1. The zero-order valence-corrected chi connectivity index (χ0v) is 18.9. The number of hydrogen-bond donors (Lipinski definition) is 1. The molecule has 2 aliphatic rings. The van der Waals surface area contributed by atoms with Gasteiger partial charge in [0.1, 0.15) is 5.75 Å². The van der Waals surface area contributed by atoms with E-state index in [2.05, 4.69) is 65.3 Å². The first kappa shape index (κ1) is 20.3. The van der Waals surface area contributed by atoms with E-state index in [0.29, 0.717) is 0 Å². The maximum absolute atomic E-state index is 14.3. The molecule has 4 nitrogen and oxygen atoms in total. The van der Waals surface area contributed by atoms with Gasteiger partial charge in [-0.3, -0.25) is 4.79 Å². The Kier molecular flexibility index (Phi) is 4.84. The summed E-state index contributed by atoms with van der Waals surface area (Å²) >= 11 is 0. The highest BCUT2D eigenvalue weighted by molar-refractivity contribution is 6.12. The van der Waals surface area contributed by atoms with Crippen LogP contribution in [0.15, 0.2) is 78.9 Å². The molecule has 0 aliphatic carbocycles. The maximum atomic E-state index is 14.3. The van der Waals surface area contributed by atoms with E-state index in [0.717, 1.165) is 60.4 Å². The standard InChI is InChI=1S/C29H28N2O2/c1-20-26(22-11-5-7-13-24(22)31(20)19-21-9-3-2-4-10-21)27(32)28-29(15-17-30-18-16-29)23-12-6-8-14-25(23)33-28/h2-14,28,30H,15-19H2,1H3/t28-/m0/s1. The third kappa shape index (κ3) is 3.12. The lowest BCUT2D eigenvalue weighted by atomic mass is 9.68. The Labute approximate surface area is 194 Å². The first-order valence-electron chi connectivity index (χ1n) is 11.8. The van der Waals surface area contributed by atoms with Crippen LogP contribution in [0.5, 0.6) is 5.75 Å². The highest BCUT2D eigenvalue weighted by atomic mass is 16.5. The van der Waals surface area contributed by atoms with Crippen molar-refractivity contribution in [3.05, 3.63) is 101 Å². The average Bonchev–Trinajstić information content (AvgIpc) is 3.32. The van der Waals surface area contributed by atoms with E-state index in [-0.39, 0.29) is 11.2 Å². The number of fused-ring (bicyclic) bond motifs is 3. The van der Waals surface area contributed by atoms with Crippen molar-refractivity contribution in [2.75, 3.05) is 13.1 Å². The minimum Gasteiger partial charge on any atom is -0.481 e. The summed E-state index contributed by atoms with van der Waals surface area (Å²) in [7, 11) is 0. The maximum Gasteiger partial charge on any atom is 0.206 e. The molecule has 33 heavy (non-hydrogen) atoms. The summed E-state index contributed by atoms with van der Waals surface area (Å²) in [6.45, 7) is 4.61. The molecule has 1 aromatic heterocycles. The van der Waals surface area contributed by atoms with Crippen molar-refractivity contribution in [1.29, 1.82) is 0 Å². The summed E-state index contributed by atoms with van der Waals surface area (Å²) in [5, 5.41) is 4.48. The molecule has 0 saturated carbocycles. The van der Waals surface area contributed by atoms with E-state index in [1.807, 2.05) is 30.3 Å². The number of hydrogen-bond acceptors (Lipinski definition) is 3. The predicted molar refractivity (Wildman–Crippen MR) is 131 cm³/mol. The molecular weight excluding hydrogens is 408 g/mol. The normalized spacial score (nSPS) is 18.9. The quantitative estimate of drug-likeness (QED) is 0.444. The Morgan fingerprint density at radius 3 is 2.48 bits per heavy atom. The molecule has 1 fully saturated rings. The molecule has 0 radical (unpaired) electrons. The highest BCUT2D eigenvalue weighted by Crippen LogP contribution is 2.49. The fourth-order valence-corrected chi connectivity index (χ4v) is 5.91. The lowest BCUT2D eigenvalue weighted by Crippen LogP contribution is -2.50. The zero-order chi connectivity index (χ0) is 22.4. The van der Waals surface area contributed by atoms with E-state index in [1.54, 1.807) is 0 Å². The number of nitrogens with zero attached hydrogens (tertiary/aromatic N) is 1. The molecule has 6 rings (SSSR count). The van der Waals surface area contributed by atoms with Crippen molar-refractivity contribution in [1.82, 2.24) is 9.88 Å². The minimum atomic E-state index is -0.494. The summed E-state index contributed by atoms with van der Waals surface area (Å²) in [5.74, 6) is 0.969. The van der Waals surface area contributed by atoms with Crippen LogP contribution in [0.3, 0.4) is 0 Å². The molecule has 1 N–H and O–H groups in total. The number of ketones is 1. The van der Waals surface area contributed by atoms with E-state index in [9.17, 15) is 4.79 Å². The summed E-state index contributed by atoms with van der Waals surface area (Å²) in [6, 6.07) is 26.9. The van der Waals surface area contributed by atoms with Crippen LogP contribution in [0.4, 0.5) is 0 Å². The number of nitrogens with one attached hydrogen (secondary N) is 1. The highest BCUT2D eigenvalue weighted by Gasteiger charge is 2.53. The number of ether oxygens (including phenoxy) is 1. The lowest BCUT2D eigenvalue weighted by Gasteiger charge is -2.37. The molecule has 166 valence electrons. The summed E-state index contributed by atoms with van der Waals surface area (Å²) < 4.78 is 8.73. The largest absolute Gasteiger partial charge is 0.481 e. The van der Waals surface area contributed by atoms with Crippen molar-refractivity contribution in [3.8, 4) is 5.75 Å². The van der Waals surface area contributed by atoms with Crippen LogP contribution in [-0.4, -0.2) is 29.5 Å². The molecule has 2 aliphatic heterocycles. The van der Waals surface area contributed by atoms with Gasteiger partial charge in [0, 0.05) is 34.1 Å². The van der Waals surface area contributed by atoms with Gasteiger partial charge in [0.05, 0.1) is 5.56 Å². The predicted octanol–water partition coefficient (Wildman–Crippen LogP) is 5.26. The van der Waals surface area contributed by atoms with Crippen molar-refractivity contribution in [2.24, 2.45) is 0 Å². The van der Waals surface area contributed by atoms with Gasteiger partial charge in [0.2, 0.25) is 5.78 Å². The monoisotopic (exact) mass is 436 g/mol. The third-order valence-electron chi connectivity index (χ3n) is 7.56. The van der Waals surface area contributed by atoms with E-state index in [1.165, 1.54) is 11.1 Å². The van der Waals surface area contributed by atoms with E-state index < -0.39 is 6.10 Å². The number of piperidine rings is 1. The molecule has 4 aromatic rings. The third-order valence-corrected chi connectivity index (χ3v) is 7.56. The van der Waals surface area contributed by atoms with Crippen molar-refractivity contribution in [2.45, 2.75) is 37.8 Å². The molecule has 3 aromatic carbocycles. The number of aromatic nitrogens is 1. The fraction of sp³-hybridized carbons (Fsp3) is 0.276. The Hall–Kier alpha value is -3.37. The number of carbonyl (C=O) groups is 1. The van der Waals surface area contributed by atoms with Crippen LogP contribution >= 0.6 is 0 Å². The Bertz CT molecular complexity index is 1330. The molecular formula is C29H28N2O2. The fourth-order valence-electron chi connectivity index (χ4n) is 5.91. The van der Waals surface area contributed by atoms with Crippen LogP contribution in [-0.2, 0) is 12.0 Å². The first-order valence-corrected chi connectivity index (χ1v) is 11.8. The molecule has 1 atom stereocenters. The van der Waals surface area contributed by atoms with Crippen molar-refractivity contribution >= 4 is 16.7 Å². The molecule has 0 unspecified atom stereocenters. The van der Waals surface area contributed by atoms with Crippen LogP contribution in [0.2, 0.25) is 0 Å². The molecule has 0 bridgehead atoms. The second kappa shape index (κ2) is 7.89. The number of benzene rings is 3. The van der Waals surface area contributed by atoms with Crippen LogP contribution in [0.1, 0.15) is 40.0 Å². The Morgan fingerprint density at radius 2 is 1.67 bits per heavy atom. The van der Waals surface area contributed by atoms with E-state index in [4.69, 9.17) is 4.74 Å². The Balaban J connectivity index is 1.47. The number of rotatable bonds is 4. The molecule has 1 spiro atoms. The van der Waals surface area contributed by atoms with Gasteiger partial charge in [-0.15, -0.1) is 0 Å². The van der Waals surface area contributed by atoms with Gasteiger partial charge in [0.15, 0.2) is 6.10 Å².